The number of fused-ring (bicyclic) bond motifs is 3. The van der Waals surface area contributed by atoms with Gasteiger partial charge in [-0.05, 0) is 89.6 Å². The summed E-state index contributed by atoms with van der Waals surface area (Å²) in [5.74, 6) is -0.350. The minimum Gasteiger partial charge on any atom is -0.381 e. The molecule has 3 aromatic carbocycles. The number of aromatic nitrogens is 1. The fourth-order valence-electron chi connectivity index (χ4n) is 6.71. The zero-order valence-corrected chi connectivity index (χ0v) is 25.6. The number of Topliss-reactive ketones (excluding diaryl/α,β-unsaturated/α-hetero) is 1. The number of amides is 2. The van der Waals surface area contributed by atoms with Crippen molar-refractivity contribution >= 4 is 40.3 Å². The Morgan fingerprint density at radius 1 is 0.956 bits per heavy atom. The Morgan fingerprint density at radius 2 is 1.78 bits per heavy atom. The van der Waals surface area contributed by atoms with Crippen LogP contribution in [0.1, 0.15) is 59.4 Å². The number of nitrogens with zero attached hydrogens (tertiary/aromatic N) is 3. The van der Waals surface area contributed by atoms with Crippen LogP contribution in [0.25, 0.3) is 28.1 Å². The Bertz CT molecular complexity index is 1870. The van der Waals surface area contributed by atoms with Crippen molar-refractivity contribution in [2.45, 2.75) is 52.2 Å². The lowest BCUT2D eigenvalue weighted by Gasteiger charge is -2.28. The monoisotopic (exact) mass is 600 g/mol. The third-order valence-electron chi connectivity index (χ3n) is 9.15. The van der Waals surface area contributed by atoms with Gasteiger partial charge in [0.25, 0.3) is 0 Å². The van der Waals surface area contributed by atoms with Gasteiger partial charge in [-0.25, -0.2) is 4.98 Å². The summed E-state index contributed by atoms with van der Waals surface area (Å²) in [5.41, 5.74) is 8.34. The number of rotatable bonds is 5. The van der Waals surface area contributed by atoms with Gasteiger partial charge in [-0.1, -0.05) is 30.3 Å². The molecule has 3 aliphatic heterocycles. The standard InChI is InChI=1S/C37H36N4O4/c1-23(42)40-14-11-26-8-9-27(18-28(26)22-40)32-19-30(20-36-37(44)31-5-3-4-6-35(31)41(36)24(2)43)39-34-10-7-25(17-33(32)34)21-38-29-12-15-45-16-13-29/h3-10,17-20,29,38H,11-16,21-22H2,1-2H3/b36-20-. The largest absolute Gasteiger partial charge is 0.381 e. The van der Waals surface area contributed by atoms with Crippen molar-refractivity contribution < 1.29 is 19.1 Å². The van der Waals surface area contributed by atoms with Crippen LogP contribution in [0.15, 0.2) is 72.4 Å². The molecule has 0 aliphatic carbocycles. The first kappa shape index (κ1) is 29.1. The number of pyridine rings is 1. The van der Waals surface area contributed by atoms with Crippen molar-refractivity contribution in [1.82, 2.24) is 15.2 Å². The molecule has 1 fully saturated rings. The molecule has 0 spiro atoms. The number of carbonyl (C=O) groups is 3. The van der Waals surface area contributed by atoms with Crippen LogP contribution in [0, 0.1) is 0 Å². The molecule has 4 heterocycles. The number of hydrogen-bond acceptors (Lipinski definition) is 6. The topological polar surface area (TPSA) is 91.8 Å². The summed E-state index contributed by atoms with van der Waals surface area (Å²) in [6, 6.07) is 22.4. The van der Waals surface area contributed by atoms with Crippen LogP contribution in [0.5, 0.6) is 0 Å². The Kier molecular flexibility index (Phi) is 7.77. The second-order valence-electron chi connectivity index (χ2n) is 12.1. The van der Waals surface area contributed by atoms with Gasteiger partial charge < -0.3 is 15.0 Å². The first-order valence-electron chi connectivity index (χ1n) is 15.6. The van der Waals surface area contributed by atoms with E-state index in [4.69, 9.17) is 9.72 Å². The molecule has 0 unspecified atom stereocenters. The summed E-state index contributed by atoms with van der Waals surface area (Å²) < 4.78 is 5.52. The van der Waals surface area contributed by atoms with Crippen LogP contribution < -0.4 is 10.2 Å². The average molecular weight is 601 g/mol. The lowest BCUT2D eigenvalue weighted by Crippen LogP contribution is -2.34. The highest BCUT2D eigenvalue weighted by Crippen LogP contribution is 2.37. The molecule has 3 aliphatic rings. The number of allylic oxidation sites excluding steroid dienone is 1. The summed E-state index contributed by atoms with van der Waals surface area (Å²) in [6.07, 6.45) is 4.56. The summed E-state index contributed by atoms with van der Waals surface area (Å²) in [4.78, 5) is 46.8. The second-order valence-corrected chi connectivity index (χ2v) is 12.1. The summed E-state index contributed by atoms with van der Waals surface area (Å²) >= 11 is 0. The number of benzene rings is 3. The van der Waals surface area contributed by atoms with Gasteiger partial charge in [0.15, 0.2) is 0 Å². The molecule has 8 nitrogen and oxygen atoms in total. The highest BCUT2D eigenvalue weighted by Gasteiger charge is 2.34. The third-order valence-corrected chi connectivity index (χ3v) is 9.15. The molecule has 0 atom stereocenters. The van der Waals surface area contributed by atoms with E-state index in [2.05, 4.69) is 35.6 Å². The van der Waals surface area contributed by atoms with Gasteiger partial charge in [0, 0.05) is 63.7 Å². The fourth-order valence-corrected chi connectivity index (χ4v) is 6.71. The van der Waals surface area contributed by atoms with Crippen molar-refractivity contribution in [1.29, 1.82) is 0 Å². The summed E-state index contributed by atoms with van der Waals surface area (Å²) in [5, 5.41) is 4.69. The van der Waals surface area contributed by atoms with E-state index in [0.29, 0.717) is 35.2 Å². The molecule has 8 heteroatoms. The van der Waals surface area contributed by atoms with Crippen LogP contribution in [0.3, 0.4) is 0 Å². The number of ether oxygens (including phenoxy) is 1. The van der Waals surface area contributed by atoms with Gasteiger partial charge in [-0.15, -0.1) is 0 Å². The molecular weight excluding hydrogens is 564 g/mol. The van der Waals surface area contributed by atoms with Gasteiger partial charge >= 0.3 is 0 Å². The maximum atomic E-state index is 13.5. The van der Waals surface area contributed by atoms with Crippen LogP contribution in [0.4, 0.5) is 5.69 Å². The maximum Gasteiger partial charge on any atom is 0.228 e. The molecule has 1 saturated heterocycles. The van der Waals surface area contributed by atoms with Gasteiger partial charge in [0.1, 0.15) is 0 Å². The quantitative estimate of drug-likeness (QED) is 0.297. The SMILES string of the molecule is CC(=O)N1CCc2ccc(-c3cc(/C=C4/C(=O)c5ccccc5N4C(C)=O)nc4ccc(CNC5CCOCC5)cc34)cc2C1. The van der Waals surface area contributed by atoms with E-state index >= 15 is 0 Å². The molecule has 228 valence electrons. The first-order valence-corrected chi connectivity index (χ1v) is 15.6. The smallest absolute Gasteiger partial charge is 0.228 e. The molecule has 45 heavy (non-hydrogen) atoms. The molecule has 2 amide bonds. The molecule has 4 aromatic rings. The van der Waals surface area contributed by atoms with Crippen molar-refractivity contribution in [2.24, 2.45) is 0 Å². The predicted molar refractivity (Wildman–Crippen MR) is 175 cm³/mol. The minimum atomic E-state index is -0.230. The van der Waals surface area contributed by atoms with Crippen molar-refractivity contribution in [3.63, 3.8) is 0 Å². The predicted octanol–water partition coefficient (Wildman–Crippen LogP) is 5.67. The number of para-hydroxylation sites is 1. The van der Waals surface area contributed by atoms with E-state index in [-0.39, 0.29) is 17.6 Å². The van der Waals surface area contributed by atoms with E-state index < -0.39 is 0 Å². The number of hydrogen-bond donors (Lipinski definition) is 1. The van der Waals surface area contributed by atoms with Crippen molar-refractivity contribution in [2.75, 3.05) is 24.7 Å². The molecule has 0 radical (unpaired) electrons. The number of carbonyl (C=O) groups excluding carboxylic acids is 3. The Balaban J connectivity index is 1.33. The van der Waals surface area contributed by atoms with Gasteiger partial charge in [-0.3, -0.25) is 19.3 Å². The van der Waals surface area contributed by atoms with E-state index in [0.717, 1.165) is 78.7 Å². The van der Waals surface area contributed by atoms with E-state index in [9.17, 15) is 14.4 Å². The zero-order valence-electron chi connectivity index (χ0n) is 25.6. The Labute approximate surface area is 262 Å². The average Bonchev–Trinajstić information content (AvgIpc) is 3.34. The molecular formula is C37H36N4O4. The van der Waals surface area contributed by atoms with E-state index in [1.807, 2.05) is 29.2 Å². The molecule has 0 saturated carbocycles. The fraction of sp³-hybridized carbons (Fsp3) is 0.297. The van der Waals surface area contributed by atoms with E-state index in [1.54, 1.807) is 25.1 Å². The lowest BCUT2D eigenvalue weighted by molar-refractivity contribution is -0.129. The van der Waals surface area contributed by atoms with Crippen molar-refractivity contribution in [3.05, 3.63) is 100 Å². The van der Waals surface area contributed by atoms with Crippen LogP contribution in [-0.2, 0) is 33.8 Å². The maximum absolute atomic E-state index is 13.5. The van der Waals surface area contributed by atoms with Gasteiger partial charge in [0.05, 0.1) is 22.6 Å². The van der Waals surface area contributed by atoms with Crippen LogP contribution in [0.2, 0.25) is 0 Å². The van der Waals surface area contributed by atoms with Crippen LogP contribution >= 0.6 is 0 Å². The van der Waals surface area contributed by atoms with Gasteiger partial charge in [0.2, 0.25) is 17.6 Å². The first-order chi connectivity index (χ1) is 21.9. The third kappa shape index (κ3) is 5.67. The highest BCUT2D eigenvalue weighted by molar-refractivity contribution is 6.26. The second kappa shape index (κ2) is 12.0. The summed E-state index contributed by atoms with van der Waals surface area (Å²) in [6.45, 7) is 6.71. The molecule has 1 N–H and O–H groups in total. The number of ketones is 1. The Morgan fingerprint density at radius 3 is 2.58 bits per heavy atom. The van der Waals surface area contributed by atoms with Gasteiger partial charge in [-0.2, -0.15) is 0 Å². The van der Waals surface area contributed by atoms with Crippen molar-refractivity contribution in [3.8, 4) is 11.1 Å². The van der Waals surface area contributed by atoms with Crippen LogP contribution in [-0.4, -0.2) is 53.3 Å². The molecule has 0 bridgehead atoms. The number of anilines is 1. The Hall–Kier alpha value is -4.66. The normalized spacial score (nSPS) is 17.6. The zero-order chi connectivity index (χ0) is 31.1. The molecule has 1 aromatic heterocycles. The lowest BCUT2D eigenvalue weighted by atomic mass is 9.92. The molecule has 7 rings (SSSR count). The minimum absolute atomic E-state index is 0.0771. The highest BCUT2D eigenvalue weighted by atomic mass is 16.5. The van der Waals surface area contributed by atoms with E-state index in [1.165, 1.54) is 17.4 Å². The summed E-state index contributed by atoms with van der Waals surface area (Å²) in [7, 11) is 0. The number of nitrogens with one attached hydrogen (secondary N) is 1.